The van der Waals surface area contributed by atoms with E-state index in [4.69, 9.17) is 34.4 Å². The number of hydrogen-bond donors (Lipinski definition) is 0. The second kappa shape index (κ2) is 5.59. The molecule has 0 fully saturated rings. The van der Waals surface area contributed by atoms with E-state index in [-0.39, 0.29) is 28.1 Å². The zero-order valence-corrected chi connectivity index (χ0v) is 9.59. The van der Waals surface area contributed by atoms with Crippen molar-refractivity contribution in [2.24, 2.45) is 0 Å². The molecule has 84 valence electrons. The van der Waals surface area contributed by atoms with Gasteiger partial charge in [-0.15, -0.1) is 12.3 Å². The van der Waals surface area contributed by atoms with Gasteiger partial charge in [-0.3, -0.25) is 10.1 Å². The van der Waals surface area contributed by atoms with Gasteiger partial charge in [0, 0.05) is 18.6 Å². The van der Waals surface area contributed by atoms with Crippen molar-refractivity contribution in [3.8, 4) is 18.1 Å². The number of nitro groups is 1. The van der Waals surface area contributed by atoms with E-state index in [9.17, 15) is 10.1 Å². The van der Waals surface area contributed by atoms with Gasteiger partial charge in [0.1, 0.15) is 0 Å². The van der Waals surface area contributed by atoms with Crippen molar-refractivity contribution in [3.63, 3.8) is 0 Å². The van der Waals surface area contributed by atoms with E-state index in [1.807, 2.05) is 0 Å². The minimum absolute atomic E-state index is 0.0645. The van der Waals surface area contributed by atoms with Gasteiger partial charge in [-0.1, -0.05) is 23.2 Å². The summed E-state index contributed by atoms with van der Waals surface area (Å²) < 4.78 is 5.15. The summed E-state index contributed by atoms with van der Waals surface area (Å²) in [5, 5.41) is 11.0. The molecule has 0 aliphatic rings. The smallest absolute Gasteiger partial charge is 0.312 e. The second-order valence-electron chi connectivity index (χ2n) is 2.79. The van der Waals surface area contributed by atoms with Crippen molar-refractivity contribution >= 4 is 28.9 Å². The number of rotatable bonds is 4. The third kappa shape index (κ3) is 3.02. The lowest BCUT2D eigenvalue weighted by Crippen LogP contribution is -2.00. The van der Waals surface area contributed by atoms with E-state index < -0.39 is 4.92 Å². The molecular formula is C10H7Cl2NO3. The zero-order chi connectivity index (χ0) is 12.1. The molecule has 0 heterocycles. The highest BCUT2D eigenvalue weighted by Gasteiger charge is 2.18. The predicted octanol–water partition coefficient (Wildman–Crippen LogP) is 3.30. The Morgan fingerprint density at radius 2 is 2.06 bits per heavy atom. The van der Waals surface area contributed by atoms with Crippen LogP contribution < -0.4 is 4.74 Å². The van der Waals surface area contributed by atoms with Gasteiger partial charge in [-0.25, -0.2) is 0 Å². The van der Waals surface area contributed by atoms with Crippen LogP contribution in [0.2, 0.25) is 10.0 Å². The molecule has 0 spiro atoms. The average Bonchev–Trinajstić information content (AvgIpc) is 2.23. The lowest BCUT2D eigenvalue weighted by atomic mass is 10.3. The molecule has 0 radical (unpaired) electrons. The molecule has 0 bridgehead atoms. The molecule has 1 aromatic rings. The van der Waals surface area contributed by atoms with Gasteiger partial charge in [0.05, 0.1) is 21.6 Å². The Bertz CT molecular complexity index is 454. The Balaban J connectivity index is 3.01. The van der Waals surface area contributed by atoms with E-state index in [0.717, 1.165) is 6.07 Å². The van der Waals surface area contributed by atoms with Crippen LogP contribution in [0.15, 0.2) is 12.1 Å². The molecule has 0 unspecified atom stereocenters. The fourth-order valence-electron chi connectivity index (χ4n) is 0.996. The van der Waals surface area contributed by atoms with Gasteiger partial charge in [-0.2, -0.15) is 0 Å². The fourth-order valence-corrected chi connectivity index (χ4v) is 1.31. The van der Waals surface area contributed by atoms with Crippen LogP contribution in [0, 0.1) is 22.5 Å². The van der Waals surface area contributed by atoms with Crippen LogP contribution in [0.1, 0.15) is 6.42 Å². The summed E-state index contributed by atoms with van der Waals surface area (Å²) in [6.07, 6.45) is 5.39. The summed E-state index contributed by atoms with van der Waals surface area (Å²) in [6.45, 7) is 0.190. The van der Waals surface area contributed by atoms with Gasteiger partial charge in [-0.05, 0) is 0 Å². The summed E-state index contributed by atoms with van der Waals surface area (Å²) >= 11 is 11.4. The first kappa shape index (κ1) is 12.6. The van der Waals surface area contributed by atoms with E-state index in [0.29, 0.717) is 6.42 Å². The summed E-state index contributed by atoms with van der Waals surface area (Å²) in [4.78, 5) is 10.1. The molecule has 0 saturated heterocycles. The number of benzene rings is 1. The molecule has 0 aliphatic heterocycles. The highest BCUT2D eigenvalue weighted by molar-refractivity contribution is 6.42. The number of halogens is 2. The molecule has 0 atom stereocenters. The zero-order valence-electron chi connectivity index (χ0n) is 8.07. The fraction of sp³-hybridized carbons (Fsp3) is 0.200. The summed E-state index contributed by atoms with van der Waals surface area (Å²) in [5.74, 6) is 2.42. The maximum Gasteiger partial charge on any atom is 0.312 e. The van der Waals surface area contributed by atoms with Crippen LogP contribution in [0.4, 0.5) is 5.69 Å². The monoisotopic (exact) mass is 259 g/mol. The van der Waals surface area contributed by atoms with E-state index in [1.165, 1.54) is 6.07 Å². The Labute approximate surface area is 102 Å². The Kier molecular flexibility index (Phi) is 4.41. The van der Waals surface area contributed by atoms with Crippen LogP contribution in [-0.4, -0.2) is 11.5 Å². The van der Waals surface area contributed by atoms with Gasteiger partial charge in [0.15, 0.2) is 5.75 Å². The minimum atomic E-state index is -0.590. The molecule has 6 heteroatoms. The standard InChI is InChI=1S/C10H7Cl2NO3/c1-2-3-4-16-10-6-8(12)7(11)5-9(10)13(14)15/h1,5-6H,3-4H2. The maximum absolute atomic E-state index is 10.7. The first-order chi connectivity index (χ1) is 7.56. The molecule has 16 heavy (non-hydrogen) atoms. The normalized spacial score (nSPS) is 9.56. The molecular weight excluding hydrogens is 253 g/mol. The Morgan fingerprint density at radius 1 is 1.44 bits per heavy atom. The van der Waals surface area contributed by atoms with E-state index in [2.05, 4.69) is 5.92 Å². The van der Waals surface area contributed by atoms with Crippen LogP contribution >= 0.6 is 23.2 Å². The second-order valence-corrected chi connectivity index (χ2v) is 3.61. The highest BCUT2D eigenvalue weighted by atomic mass is 35.5. The molecule has 0 aromatic heterocycles. The van der Waals surface area contributed by atoms with Crippen molar-refractivity contribution in [2.75, 3.05) is 6.61 Å². The van der Waals surface area contributed by atoms with Crippen LogP contribution in [-0.2, 0) is 0 Å². The number of ether oxygens (including phenoxy) is 1. The average molecular weight is 260 g/mol. The van der Waals surface area contributed by atoms with Crippen LogP contribution in [0.3, 0.4) is 0 Å². The topological polar surface area (TPSA) is 52.4 Å². The number of nitro benzene ring substituents is 1. The Morgan fingerprint density at radius 3 is 2.62 bits per heavy atom. The number of nitrogens with zero attached hydrogens (tertiary/aromatic N) is 1. The largest absolute Gasteiger partial charge is 0.486 e. The maximum atomic E-state index is 10.7. The predicted molar refractivity (Wildman–Crippen MR) is 62.1 cm³/mol. The molecule has 0 aliphatic carbocycles. The van der Waals surface area contributed by atoms with Crippen molar-refractivity contribution in [2.45, 2.75) is 6.42 Å². The van der Waals surface area contributed by atoms with Crippen molar-refractivity contribution < 1.29 is 9.66 Å². The lowest BCUT2D eigenvalue weighted by Gasteiger charge is -2.06. The van der Waals surface area contributed by atoms with E-state index in [1.54, 1.807) is 0 Å². The van der Waals surface area contributed by atoms with Gasteiger partial charge < -0.3 is 4.74 Å². The van der Waals surface area contributed by atoms with Crippen LogP contribution in [0.5, 0.6) is 5.75 Å². The molecule has 0 amide bonds. The molecule has 0 saturated carbocycles. The lowest BCUT2D eigenvalue weighted by molar-refractivity contribution is -0.385. The third-order valence-corrected chi connectivity index (χ3v) is 2.42. The first-order valence-electron chi connectivity index (χ1n) is 4.26. The van der Waals surface area contributed by atoms with Crippen molar-refractivity contribution in [1.29, 1.82) is 0 Å². The molecule has 1 aromatic carbocycles. The van der Waals surface area contributed by atoms with E-state index >= 15 is 0 Å². The van der Waals surface area contributed by atoms with Crippen molar-refractivity contribution in [1.82, 2.24) is 0 Å². The van der Waals surface area contributed by atoms with Gasteiger partial charge in [0.2, 0.25) is 0 Å². The molecule has 4 nitrogen and oxygen atoms in total. The van der Waals surface area contributed by atoms with Gasteiger partial charge >= 0.3 is 5.69 Å². The summed E-state index contributed by atoms with van der Waals surface area (Å²) in [5.41, 5.74) is -0.230. The summed E-state index contributed by atoms with van der Waals surface area (Å²) in [6, 6.07) is 2.45. The summed E-state index contributed by atoms with van der Waals surface area (Å²) in [7, 11) is 0. The first-order valence-corrected chi connectivity index (χ1v) is 5.01. The van der Waals surface area contributed by atoms with Crippen LogP contribution in [0.25, 0.3) is 0 Å². The van der Waals surface area contributed by atoms with Crippen molar-refractivity contribution in [3.05, 3.63) is 32.3 Å². The number of terminal acetylenes is 1. The third-order valence-electron chi connectivity index (χ3n) is 1.70. The highest BCUT2D eigenvalue weighted by Crippen LogP contribution is 2.35. The molecule has 0 N–H and O–H groups in total. The SMILES string of the molecule is C#CCCOc1cc(Cl)c(Cl)cc1[N+](=O)[O-]. The number of hydrogen-bond acceptors (Lipinski definition) is 3. The molecule has 1 rings (SSSR count). The Hall–Kier alpha value is -1.44. The van der Waals surface area contributed by atoms with Gasteiger partial charge in [0.25, 0.3) is 0 Å². The minimum Gasteiger partial charge on any atom is -0.486 e. The quantitative estimate of drug-likeness (QED) is 0.361.